The van der Waals surface area contributed by atoms with Gasteiger partial charge >= 0.3 is 0 Å². The van der Waals surface area contributed by atoms with Crippen LogP contribution >= 0.6 is 0 Å². The highest BCUT2D eigenvalue weighted by Crippen LogP contribution is 2.30. The first-order valence-electron chi connectivity index (χ1n) is 7.93. The molecule has 0 atom stereocenters. The van der Waals surface area contributed by atoms with Gasteiger partial charge in [-0.3, -0.25) is 4.98 Å². The summed E-state index contributed by atoms with van der Waals surface area (Å²) in [4.78, 5) is 9.24. The van der Waals surface area contributed by atoms with Crippen LogP contribution in [-0.2, 0) is 0 Å². The number of likely N-dealkylation sites (N-methyl/N-ethyl adjacent to an activating group) is 1. The first-order valence-corrected chi connectivity index (χ1v) is 7.93. The van der Waals surface area contributed by atoms with E-state index in [0.29, 0.717) is 5.92 Å². The van der Waals surface area contributed by atoms with E-state index >= 15 is 0 Å². The Morgan fingerprint density at radius 1 is 1.19 bits per heavy atom. The van der Waals surface area contributed by atoms with Gasteiger partial charge in [-0.1, -0.05) is 37.0 Å². The van der Waals surface area contributed by atoms with Crippen LogP contribution in [-0.4, -0.2) is 23.6 Å². The van der Waals surface area contributed by atoms with Crippen molar-refractivity contribution in [2.24, 2.45) is 5.92 Å². The fourth-order valence-electron chi connectivity index (χ4n) is 3.22. The van der Waals surface area contributed by atoms with Crippen LogP contribution in [0.5, 0.6) is 0 Å². The van der Waals surface area contributed by atoms with Crippen molar-refractivity contribution in [3.8, 4) is 0 Å². The van der Waals surface area contributed by atoms with Crippen molar-refractivity contribution in [3.05, 3.63) is 41.7 Å². The summed E-state index contributed by atoms with van der Waals surface area (Å²) >= 11 is 0. The van der Waals surface area contributed by atoms with Crippen molar-refractivity contribution < 1.29 is 0 Å². The third kappa shape index (κ3) is 3.48. The van der Waals surface area contributed by atoms with Crippen LogP contribution in [0.1, 0.15) is 37.8 Å². The zero-order chi connectivity index (χ0) is 14.5. The number of hydrogen-bond acceptors (Lipinski definition) is 3. The summed E-state index contributed by atoms with van der Waals surface area (Å²) in [6.45, 7) is 0.944. The molecule has 2 aromatic rings. The zero-order valence-corrected chi connectivity index (χ0v) is 12.7. The Morgan fingerprint density at radius 3 is 2.71 bits per heavy atom. The molecule has 1 saturated carbocycles. The number of aromatic nitrogens is 2. The van der Waals surface area contributed by atoms with Crippen molar-refractivity contribution >= 4 is 17.1 Å². The number of benzene rings is 1. The van der Waals surface area contributed by atoms with Crippen molar-refractivity contribution in [2.75, 3.05) is 13.6 Å². The summed E-state index contributed by atoms with van der Waals surface area (Å²) in [6.07, 6.45) is 10.9. The van der Waals surface area contributed by atoms with Crippen LogP contribution in [0.25, 0.3) is 17.1 Å². The van der Waals surface area contributed by atoms with Crippen molar-refractivity contribution in [1.82, 2.24) is 15.3 Å². The molecule has 0 radical (unpaired) electrons. The molecule has 0 aliphatic heterocycles. The maximum absolute atomic E-state index is 4.73. The molecule has 1 N–H and O–H groups in total. The molecular weight excluding hydrogens is 258 g/mol. The predicted molar refractivity (Wildman–Crippen MR) is 88.0 cm³/mol. The fourth-order valence-corrected chi connectivity index (χ4v) is 3.22. The Morgan fingerprint density at radius 2 is 1.95 bits per heavy atom. The van der Waals surface area contributed by atoms with Gasteiger partial charge in [-0.25, -0.2) is 4.98 Å². The van der Waals surface area contributed by atoms with E-state index in [-0.39, 0.29) is 0 Å². The summed E-state index contributed by atoms with van der Waals surface area (Å²) in [7, 11) is 2.02. The van der Waals surface area contributed by atoms with Gasteiger partial charge in [0.25, 0.3) is 0 Å². The van der Waals surface area contributed by atoms with Crippen LogP contribution in [0.3, 0.4) is 0 Å². The highest BCUT2D eigenvalue weighted by atomic mass is 14.8. The zero-order valence-electron chi connectivity index (χ0n) is 12.7. The number of rotatable bonds is 4. The molecule has 3 rings (SSSR count). The summed E-state index contributed by atoms with van der Waals surface area (Å²) in [5.74, 6) is 0.708. The van der Waals surface area contributed by atoms with Gasteiger partial charge in [0.2, 0.25) is 0 Å². The Balaban J connectivity index is 1.90. The minimum Gasteiger partial charge on any atom is -0.316 e. The van der Waals surface area contributed by atoms with E-state index in [1.54, 1.807) is 0 Å². The molecule has 1 aliphatic carbocycles. The highest BCUT2D eigenvalue weighted by molar-refractivity contribution is 5.74. The van der Waals surface area contributed by atoms with E-state index in [2.05, 4.69) is 16.4 Å². The van der Waals surface area contributed by atoms with Crippen LogP contribution in [0.2, 0.25) is 0 Å². The molecule has 21 heavy (non-hydrogen) atoms. The Kier molecular flexibility index (Phi) is 4.61. The molecule has 1 heterocycles. The number of para-hydroxylation sites is 2. The Labute approximate surface area is 126 Å². The largest absolute Gasteiger partial charge is 0.316 e. The first-order chi connectivity index (χ1) is 10.4. The lowest BCUT2D eigenvalue weighted by Gasteiger charge is -2.24. The monoisotopic (exact) mass is 281 g/mol. The fraction of sp³-hybridized carbons (Fsp3) is 0.444. The minimum absolute atomic E-state index is 0.708. The molecule has 1 aromatic carbocycles. The quantitative estimate of drug-likeness (QED) is 0.926. The summed E-state index contributed by atoms with van der Waals surface area (Å²) in [5.41, 5.74) is 4.38. The van der Waals surface area contributed by atoms with Crippen LogP contribution in [0.15, 0.2) is 36.0 Å². The SMILES string of the molecule is CNC/C(=C/c1cnc2ccccc2n1)C1CCCCC1. The lowest BCUT2D eigenvalue weighted by Crippen LogP contribution is -2.19. The average molecular weight is 281 g/mol. The van der Waals surface area contributed by atoms with Gasteiger partial charge in [-0.2, -0.15) is 0 Å². The van der Waals surface area contributed by atoms with Gasteiger partial charge in [0, 0.05) is 6.54 Å². The molecule has 0 saturated heterocycles. The lowest BCUT2D eigenvalue weighted by molar-refractivity contribution is 0.398. The van der Waals surface area contributed by atoms with Crippen molar-refractivity contribution in [2.45, 2.75) is 32.1 Å². The second-order valence-corrected chi connectivity index (χ2v) is 5.87. The maximum Gasteiger partial charge on any atom is 0.0894 e. The van der Waals surface area contributed by atoms with Crippen molar-refractivity contribution in [3.63, 3.8) is 0 Å². The standard InChI is InChI=1S/C18H23N3/c1-19-12-15(14-7-3-2-4-8-14)11-16-13-20-17-9-5-6-10-18(17)21-16/h5-6,9-11,13-14,19H,2-4,7-8,12H2,1H3/b15-11-. The number of nitrogens with zero attached hydrogens (tertiary/aromatic N) is 2. The third-order valence-corrected chi connectivity index (χ3v) is 4.31. The average Bonchev–Trinajstić information content (AvgIpc) is 2.55. The van der Waals surface area contributed by atoms with Gasteiger partial charge in [-0.15, -0.1) is 0 Å². The molecule has 110 valence electrons. The molecule has 1 fully saturated rings. The predicted octanol–water partition coefficient (Wildman–Crippen LogP) is 3.81. The summed E-state index contributed by atoms with van der Waals surface area (Å²) < 4.78 is 0. The minimum atomic E-state index is 0.708. The van der Waals surface area contributed by atoms with Gasteiger partial charge in [0.15, 0.2) is 0 Å². The molecular formula is C18H23N3. The first kappa shape index (κ1) is 14.2. The van der Waals surface area contributed by atoms with E-state index in [4.69, 9.17) is 4.98 Å². The van der Waals surface area contributed by atoms with E-state index in [0.717, 1.165) is 23.3 Å². The van der Waals surface area contributed by atoms with Gasteiger partial charge in [-0.05, 0) is 44.0 Å². The van der Waals surface area contributed by atoms with Crippen LogP contribution in [0, 0.1) is 5.92 Å². The number of hydrogen-bond donors (Lipinski definition) is 1. The van der Waals surface area contributed by atoms with Gasteiger partial charge < -0.3 is 5.32 Å². The molecule has 3 nitrogen and oxygen atoms in total. The van der Waals surface area contributed by atoms with E-state index < -0.39 is 0 Å². The molecule has 0 bridgehead atoms. The van der Waals surface area contributed by atoms with Gasteiger partial charge in [0.1, 0.15) is 0 Å². The van der Waals surface area contributed by atoms with Crippen LogP contribution in [0.4, 0.5) is 0 Å². The third-order valence-electron chi connectivity index (χ3n) is 4.31. The van der Waals surface area contributed by atoms with Crippen LogP contribution < -0.4 is 5.32 Å². The maximum atomic E-state index is 4.73. The molecule has 1 aliphatic rings. The molecule has 3 heteroatoms. The van der Waals surface area contributed by atoms with E-state index in [1.807, 2.05) is 37.5 Å². The normalized spacial score (nSPS) is 17.3. The van der Waals surface area contributed by atoms with E-state index in [9.17, 15) is 0 Å². The molecule has 0 spiro atoms. The number of nitrogens with one attached hydrogen (secondary N) is 1. The highest BCUT2D eigenvalue weighted by Gasteiger charge is 2.17. The molecule has 0 unspecified atom stereocenters. The summed E-state index contributed by atoms with van der Waals surface area (Å²) in [5, 5.41) is 3.31. The number of fused-ring (bicyclic) bond motifs is 1. The Hall–Kier alpha value is -1.74. The Bertz CT molecular complexity index is 627. The lowest BCUT2D eigenvalue weighted by atomic mass is 9.83. The second kappa shape index (κ2) is 6.81. The molecule has 0 amide bonds. The molecule has 1 aromatic heterocycles. The second-order valence-electron chi connectivity index (χ2n) is 5.87. The van der Waals surface area contributed by atoms with Crippen molar-refractivity contribution in [1.29, 1.82) is 0 Å². The van der Waals surface area contributed by atoms with E-state index in [1.165, 1.54) is 37.7 Å². The topological polar surface area (TPSA) is 37.8 Å². The van der Waals surface area contributed by atoms with Gasteiger partial charge in [0.05, 0.1) is 22.9 Å². The smallest absolute Gasteiger partial charge is 0.0894 e. The summed E-state index contributed by atoms with van der Waals surface area (Å²) in [6, 6.07) is 8.05.